The van der Waals surface area contributed by atoms with Gasteiger partial charge in [-0.05, 0) is 13.3 Å². The highest BCUT2D eigenvalue weighted by Gasteiger charge is 2.34. The van der Waals surface area contributed by atoms with E-state index < -0.39 is 8.80 Å². The maximum Gasteiger partial charge on any atom is 0.467 e. The number of carbonyl (C=O) groups excluding carboxylic acids is 1. The fourth-order valence-corrected chi connectivity index (χ4v) is 10.7. The van der Waals surface area contributed by atoms with E-state index in [1.54, 1.807) is 13.0 Å². The number of ether oxygens (including phenoxy) is 1. The molecule has 0 aromatic heterocycles. The second-order valence-electron chi connectivity index (χ2n) is 3.07. The van der Waals surface area contributed by atoms with Crippen molar-refractivity contribution in [2.75, 3.05) is 6.61 Å². The third-order valence-electron chi connectivity index (χ3n) is 2.11. The minimum Gasteiger partial charge on any atom is -0.463 e. The maximum absolute atomic E-state index is 11.0. The average Bonchev–Trinajstić information content (AvgIpc) is 2.31. The Morgan fingerprint density at radius 2 is 1.81 bits per heavy atom. The van der Waals surface area contributed by atoms with Gasteiger partial charge in [0.05, 0.1) is 6.61 Å². The molecule has 0 saturated carbocycles. The predicted molar refractivity (Wildman–Crippen MR) is 74.0 cm³/mol. The second kappa shape index (κ2) is 9.04. The third-order valence-corrected chi connectivity index (χ3v) is 10.5. The zero-order valence-corrected chi connectivity index (χ0v) is 17.3. The van der Waals surface area contributed by atoms with Crippen molar-refractivity contribution in [3.05, 3.63) is 12.2 Å². The Morgan fingerprint density at radius 1 is 1.25 bits per heavy atom. The van der Waals surface area contributed by atoms with Gasteiger partial charge >= 0.3 is 14.8 Å². The molecule has 0 spiro atoms. The fraction of sp³-hybridized carbons (Fsp3) is 0.571. The van der Waals surface area contributed by atoms with Crippen LogP contribution in [0.4, 0.5) is 0 Å². The van der Waals surface area contributed by atoms with E-state index in [2.05, 4.69) is 0 Å². The molecule has 0 atom stereocenters. The van der Waals surface area contributed by atoms with Crippen molar-refractivity contribution in [3.8, 4) is 0 Å². The lowest BCUT2D eigenvalue weighted by molar-refractivity contribution is -0.137. The van der Waals surface area contributed by atoms with Crippen molar-refractivity contribution in [1.29, 1.82) is 0 Å². The molecular formula is C7H20O5Si4. The Hall–Kier alpha value is -0.0425. The quantitative estimate of drug-likeness (QED) is 0.212. The molecule has 0 aliphatic heterocycles. The van der Waals surface area contributed by atoms with E-state index in [9.17, 15) is 4.79 Å². The summed E-state index contributed by atoms with van der Waals surface area (Å²) in [4.78, 5) is 11.0. The van der Waals surface area contributed by atoms with Crippen LogP contribution < -0.4 is 0 Å². The lowest BCUT2D eigenvalue weighted by Crippen LogP contribution is -2.44. The van der Waals surface area contributed by atoms with E-state index >= 15 is 0 Å². The van der Waals surface area contributed by atoms with Crippen LogP contribution in [0.3, 0.4) is 0 Å². The van der Waals surface area contributed by atoms with E-state index in [4.69, 9.17) is 17.1 Å². The molecule has 0 bridgehead atoms. The first-order valence-electron chi connectivity index (χ1n) is 5.09. The van der Waals surface area contributed by atoms with Crippen molar-refractivity contribution >= 4 is 46.2 Å². The Morgan fingerprint density at radius 3 is 2.25 bits per heavy atom. The van der Waals surface area contributed by atoms with Gasteiger partial charge in [-0.15, -0.1) is 0 Å². The largest absolute Gasteiger partial charge is 0.467 e. The van der Waals surface area contributed by atoms with Crippen molar-refractivity contribution in [1.82, 2.24) is 0 Å². The van der Waals surface area contributed by atoms with E-state index in [1.165, 1.54) is 6.08 Å². The second-order valence-corrected chi connectivity index (χ2v) is 9.83. The number of allylic oxidation sites excluding steroid dienone is 1. The van der Waals surface area contributed by atoms with Gasteiger partial charge in [0.25, 0.3) is 0 Å². The molecule has 0 aliphatic carbocycles. The summed E-state index contributed by atoms with van der Waals surface area (Å²) in [6.07, 6.45) is 3.78. The number of carbonyl (C=O) groups is 1. The molecule has 0 aromatic rings. The lowest BCUT2D eigenvalue weighted by Gasteiger charge is -2.26. The van der Waals surface area contributed by atoms with Gasteiger partial charge < -0.3 is 17.1 Å². The maximum atomic E-state index is 11.0. The monoisotopic (exact) mass is 296 g/mol. The molecule has 0 saturated heterocycles. The number of rotatable bonds is 8. The summed E-state index contributed by atoms with van der Waals surface area (Å²) >= 11 is 0. The molecule has 94 valence electrons. The Kier molecular flexibility index (Phi) is 9.01. The molecule has 0 radical (unpaired) electrons. The molecule has 0 rings (SSSR count). The van der Waals surface area contributed by atoms with Gasteiger partial charge in [-0.2, -0.15) is 0 Å². The van der Waals surface area contributed by atoms with Gasteiger partial charge in [0.15, 0.2) is 0 Å². The third kappa shape index (κ3) is 5.88. The van der Waals surface area contributed by atoms with E-state index in [0.717, 1.165) is 12.5 Å². The normalized spacial score (nSPS) is 15.6. The van der Waals surface area contributed by atoms with Crippen molar-refractivity contribution in [2.45, 2.75) is 19.4 Å². The fourth-order valence-electron chi connectivity index (χ4n) is 1.20. The molecule has 0 N–H and O–H groups in total. The first-order chi connectivity index (χ1) is 7.64. The van der Waals surface area contributed by atoms with Crippen LogP contribution in [-0.2, 0) is 21.9 Å². The first-order valence-corrected chi connectivity index (χ1v) is 9.47. The lowest BCUT2D eigenvalue weighted by atomic mass is 10.5. The molecule has 0 heterocycles. The van der Waals surface area contributed by atoms with E-state index in [1.807, 2.05) is 0 Å². The summed E-state index contributed by atoms with van der Waals surface area (Å²) in [6.45, 7) is 2.17. The van der Waals surface area contributed by atoms with Crippen LogP contribution in [-0.4, -0.2) is 52.8 Å². The Labute approximate surface area is 106 Å². The number of esters is 1. The van der Waals surface area contributed by atoms with Gasteiger partial charge in [-0.1, -0.05) is 6.08 Å². The van der Waals surface area contributed by atoms with Crippen molar-refractivity contribution < 1.29 is 21.9 Å². The van der Waals surface area contributed by atoms with Crippen LogP contribution in [0.5, 0.6) is 0 Å². The molecule has 0 unspecified atom stereocenters. The van der Waals surface area contributed by atoms with Gasteiger partial charge in [-0.3, -0.25) is 0 Å². The summed E-state index contributed by atoms with van der Waals surface area (Å²) in [7, 11) is -0.476. The topological polar surface area (TPSA) is 54.0 Å². The first kappa shape index (κ1) is 16.0. The van der Waals surface area contributed by atoms with Crippen LogP contribution in [0, 0.1) is 0 Å². The Bertz CT molecular complexity index is 223. The highest BCUT2D eigenvalue weighted by molar-refractivity contribution is 6.69. The average molecular weight is 297 g/mol. The van der Waals surface area contributed by atoms with Crippen molar-refractivity contribution in [2.24, 2.45) is 0 Å². The summed E-state index contributed by atoms with van der Waals surface area (Å²) in [5.41, 5.74) is 0. The van der Waals surface area contributed by atoms with Gasteiger partial charge in [-0.25, -0.2) is 4.79 Å². The summed E-state index contributed by atoms with van der Waals surface area (Å²) in [5.74, 6) is -0.305. The molecule has 0 aromatic carbocycles. The standard InChI is InChI=1S/C7H20O5Si4/c1-2-4-7(8)9-5-3-6-16(10-13,11-14)12-15/h2,4H,3,5-6H2,1,13-15H3. The summed E-state index contributed by atoms with van der Waals surface area (Å²) < 4.78 is 21.3. The molecule has 16 heavy (non-hydrogen) atoms. The van der Waals surface area contributed by atoms with Gasteiger partial charge in [0, 0.05) is 12.1 Å². The predicted octanol–water partition coefficient (Wildman–Crippen LogP) is -2.67. The molecule has 0 aliphatic rings. The minimum absolute atomic E-state index is 0.305. The van der Waals surface area contributed by atoms with Gasteiger partial charge in [0.1, 0.15) is 31.5 Å². The van der Waals surface area contributed by atoms with Crippen molar-refractivity contribution in [3.63, 3.8) is 0 Å². The zero-order chi connectivity index (χ0) is 12.4. The number of hydrogen-bond acceptors (Lipinski definition) is 5. The zero-order valence-electron chi connectivity index (χ0n) is 10.3. The Balaban J connectivity index is 3.83. The van der Waals surface area contributed by atoms with E-state index in [0.29, 0.717) is 38.1 Å². The highest BCUT2D eigenvalue weighted by atomic mass is 28.5. The van der Waals surface area contributed by atoms with Crippen LogP contribution in [0.2, 0.25) is 6.04 Å². The minimum atomic E-state index is -2.33. The number of hydrogen-bond donors (Lipinski definition) is 0. The highest BCUT2D eigenvalue weighted by Crippen LogP contribution is 2.13. The molecule has 0 amide bonds. The van der Waals surface area contributed by atoms with Gasteiger partial charge in [0.2, 0.25) is 0 Å². The van der Waals surface area contributed by atoms with Crippen LogP contribution >= 0.6 is 0 Å². The summed E-state index contributed by atoms with van der Waals surface area (Å²) in [6, 6.07) is 0.729. The SMILES string of the molecule is CC=CC(=O)OCCC[Si](O[SiH3])(O[SiH3])O[SiH3]. The summed E-state index contributed by atoms with van der Waals surface area (Å²) in [5, 5.41) is 0. The van der Waals surface area contributed by atoms with Crippen LogP contribution in [0.1, 0.15) is 13.3 Å². The van der Waals surface area contributed by atoms with Crippen LogP contribution in [0.15, 0.2) is 12.2 Å². The molecule has 0 fully saturated rings. The smallest absolute Gasteiger partial charge is 0.463 e. The molecule has 9 heteroatoms. The van der Waals surface area contributed by atoms with Crippen LogP contribution in [0.25, 0.3) is 0 Å². The molecular weight excluding hydrogens is 276 g/mol. The van der Waals surface area contributed by atoms with E-state index in [-0.39, 0.29) is 5.97 Å². The molecule has 5 nitrogen and oxygen atoms in total.